The lowest BCUT2D eigenvalue weighted by molar-refractivity contribution is 0.338. The molecule has 7 heteroatoms. The van der Waals surface area contributed by atoms with Crippen LogP contribution in [-0.2, 0) is 11.1 Å². The first-order chi connectivity index (χ1) is 12.0. The van der Waals surface area contributed by atoms with Gasteiger partial charge in [0.1, 0.15) is 12.1 Å². The van der Waals surface area contributed by atoms with Crippen molar-refractivity contribution >= 4 is 23.0 Å². The summed E-state index contributed by atoms with van der Waals surface area (Å²) in [4.78, 5) is 11.1. The van der Waals surface area contributed by atoms with Gasteiger partial charge in [0, 0.05) is 24.4 Å². The van der Waals surface area contributed by atoms with E-state index in [1.165, 1.54) is 7.05 Å². The van der Waals surface area contributed by atoms with Crippen LogP contribution in [-0.4, -0.2) is 44.6 Å². The molecule has 1 fully saturated rings. The number of aromatic nitrogens is 2. The fraction of sp³-hybridized carbons (Fsp3) is 0.667. The summed E-state index contributed by atoms with van der Waals surface area (Å²) >= 11 is -1.92. The molecule has 1 saturated carbocycles. The van der Waals surface area contributed by atoms with E-state index in [-0.39, 0.29) is 0 Å². The Morgan fingerprint density at radius 1 is 1.32 bits per heavy atom. The Balaban J connectivity index is 0.00000151. The van der Waals surface area contributed by atoms with Crippen molar-refractivity contribution in [1.82, 2.24) is 9.97 Å². The first-order valence-electron chi connectivity index (χ1n) is 8.87. The minimum absolute atomic E-state index is 0.299. The predicted octanol–water partition coefficient (Wildman–Crippen LogP) is 2.66. The largest absolute Gasteiger partial charge is 0.772 e. The standard InChI is InChI=1S/C17H27N3O2S.CH5N/c1-4-5-6-16-13(2)18-12-19-17(16)20(3)15-9-7-14(8-10-15)11-23(21)22;1-2/h5-6,12,14-15H,4,7-11H2,1-3H3,(H,21,22);2H2,1H3/p-1/b6-5-;. The van der Waals surface area contributed by atoms with Gasteiger partial charge in [-0.25, -0.2) is 9.97 Å². The monoisotopic (exact) mass is 367 g/mol. The maximum absolute atomic E-state index is 10.9. The highest BCUT2D eigenvalue weighted by molar-refractivity contribution is 7.79. The van der Waals surface area contributed by atoms with Crippen molar-refractivity contribution in [3.05, 3.63) is 23.7 Å². The normalized spacial score (nSPS) is 21.5. The number of allylic oxidation sites excluding steroid dienone is 1. The van der Waals surface area contributed by atoms with Crippen LogP contribution in [0.15, 0.2) is 12.4 Å². The molecule has 0 aromatic carbocycles. The average molecular weight is 368 g/mol. The summed E-state index contributed by atoms with van der Waals surface area (Å²) < 4.78 is 21.7. The van der Waals surface area contributed by atoms with Crippen LogP contribution < -0.4 is 10.6 Å². The van der Waals surface area contributed by atoms with Crippen LogP contribution in [0.5, 0.6) is 0 Å². The molecule has 0 aliphatic heterocycles. The number of anilines is 1. The molecule has 1 aromatic rings. The van der Waals surface area contributed by atoms with Gasteiger partial charge < -0.3 is 15.2 Å². The molecular formula is C18H31N4O2S-. The Hall–Kier alpha value is -1.31. The molecule has 1 atom stereocenters. The zero-order valence-electron chi connectivity index (χ0n) is 15.8. The van der Waals surface area contributed by atoms with Crippen LogP contribution in [0.3, 0.4) is 0 Å². The average Bonchev–Trinajstić information content (AvgIpc) is 2.62. The van der Waals surface area contributed by atoms with Crippen molar-refractivity contribution in [3.8, 4) is 0 Å². The SMILES string of the molecule is CC/C=C\c1c(C)ncnc1N(C)C1CCC(CS(=O)[O-])CC1.CN. The quantitative estimate of drug-likeness (QED) is 0.777. The number of nitrogens with two attached hydrogens (primary N) is 1. The number of hydrogen-bond acceptors (Lipinski definition) is 6. The number of hydrogen-bond donors (Lipinski definition) is 1. The van der Waals surface area contributed by atoms with Crippen molar-refractivity contribution in [2.24, 2.45) is 11.7 Å². The van der Waals surface area contributed by atoms with Gasteiger partial charge in [-0.15, -0.1) is 0 Å². The highest BCUT2D eigenvalue weighted by atomic mass is 32.2. The van der Waals surface area contributed by atoms with Gasteiger partial charge in [0.2, 0.25) is 0 Å². The molecule has 0 bridgehead atoms. The highest BCUT2D eigenvalue weighted by Gasteiger charge is 2.26. The Morgan fingerprint density at radius 2 is 1.96 bits per heavy atom. The van der Waals surface area contributed by atoms with Crippen molar-refractivity contribution in [2.75, 3.05) is 24.7 Å². The van der Waals surface area contributed by atoms with Gasteiger partial charge in [0.15, 0.2) is 0 Å². The summed E-state index contributed by atoms with van der Waals surface area (Å²) in [5, 5.41) is 0. The smallest absolute Gasteiger partial charge is 0.139 e. The third-order valence-corrected chi connectivity index (χ3v) is 5.40. The molecule has 1 unspecified atom stereocenters. The molecule has 2 N–H and O–H groups in total. The predicted molar refractivity (Wildman–Crippen MR) is 104 cm³/mol. The number of aryl methyl sites for hydroxylation is 1. The summed E-state index contributed by atoms with van der Waals surface area (Å²) in [6, 6.07) is 0.411. The van der Waals surface area contributed by atoms with Crippen molar-refractivity contribution in [3.63, 3.8) is 0 Å². The summed E-state index contributed by atoms with van der Waals surface area (Å²) in [6.07, 6.45) is 10.8. The topological polar surface area (TPSA) is 95.2 Å². The molecule has 1 aliphatic carbocycles. The van der Waals surface area contributed by atoms with Gasteiger partial charge in [-0.05, 0) is 52.0 Å². The molecule has 0 saturated heterocycles. The maximum Gasteiger partial charge on any atom is 0.139 e. The highest BCUT2D eigenvalue weighted by Crippen LogP contribution is 2.31. The molecule has 0 amide bonds. The van der Waals surface area contributed by atoms with Crippen LogP contribution in [0.2, 0.25) is 0 Å². The molecule has 1 aromatic heterocycles. The Kier molecular flexibility index (Phi) is 9.85. The second-order valence-electron chi connectivity index (χ2n) is 6.26. The van der Waals surface area contributed by atoms with Crippen molar-refractivity contribution < 1.29 is 8.76 Å². The molecule has 142 valence electrons. The van der Waals surface area contributed by atoms with Crippen LogP contribution in [0.1, 0.15) is 50.3 Å². The van der Waals surface area contributed by atoms with Gasteiger partial charge in [-0.1, -0.05) is 30.2 Å². The van der Waals surface area contributed by atoms with Crippen molar-refractivity contribution in [1.29, 1.82) is 0 Å². The fourth-order valence-corrected chi connectivity index (χ4v) is 3.97. The van der Waals surface area contributed by atoms with Crippen LogP contribution >= 0.6 is 0 Å². The summed E-state index contributed by atoms with van der Waals surface area (Å²) in [5.74, 6) is 1.58. The van der Waals surface area contributed by atoms with Gasteiger partial charge in [-0.3, -0.25) is 4.21 Å². The van der Waals surface area contributed by atoms with E-state index in [4.69, 9.17) is 0 Å². The fourth-order valence-electron chi connectivity index (χ4n) is 3.25. The third kappa shape index (κ3) is 6.49. The Bertz CT molecular complexity index is 572. The third-order valence-electron chi connectivity index (χ3n) is 4.65. The summed E-state index contributed by atoms with van der Waals surface area (Å²) in [5.41, 5.74) is 6.57. The van der Waals surface area contributed by atoms with Gasteiger partial charge >= 0.3 is 0 Å². The minimum atomic E-state index is -1.92. The maximum atomic E-state index is 10.9. The Morgan fingerprint density at radius 3 is 2.52 bits per heavy atom. The van der Waals surface area contributed by atoms with Gasteiger partial charge in [-0.2, -0.15) is 0 Å². The summed E-state index contributed by atoms with van der Waals surface area (Å²) in [7, 11) is 3.59. The molecule has 0 spiro atoms. The minimum Gasteiger partial charge on any atom is -0.772 e. The van der Waals surface area contributed by atoms with E-state index >= 15 is 0 Å². The first kappa shape index (κ1) is 21.7. The van der Waals surface area contributed by atoms with Crippen LogP contribution in [0, 0.1) is 12.8 Å². The second kappa shape index (κ2) is 11.3. The molecule has 0 radical (unpaired) electrons. The van der Waals surface area contributed by atoms with E-state index in [0.29, 0.717) is 17.7 Å². The molecule has 1 heterocycles. The van der Waals surface area contributed by atoms with Gasteiger partial charge in [0.05, 0.1) is 5.69 Å². The van der Waals surface area contributed by atoms with E-state index in [1.54, 1.807) is 6.33 Å². The second-order valence-corrected chi connectivity index (χ2v) is 7.20. The van der Waals surface area contributed by atoms with Crippen LogP contribution in [0.4, 0.5) is 5.82 Å². The number of rotatable bonds is 6. The zero-order chi connectivity index (χ0) is 18.8. The van der Waals surface area contributed by atoms with Gasteiger partial charge in [0.25, 0.3) is 0 Å². The van der Waals surface area contributed by atoms with E-state index in [1.807, 2.05) is 6.92 Å². The molecule has 1 aliphatic rings. The van der Waals surface area contributed by atoms with Crippen LogP contribution in [0.25, 0.3) is 6.08 Å². The first-order valence-corrected chi connectivity index (χ1v) is 10.1. The van der Waals surface area contributed by atoms with E-state index in [2.05, 4.69) is 46.7 Å². The number of nitrogens with zero attached hydrogens (tertiary/aromatic N) is 3. The van der Waals surface area contributed by atoms with E-state index < -0.39 is 11.1 Å². The van der Waals surface area contributed by atoms with E-state index in [9.17, 15) is 8.76 Å². The lowest BCUT2D eigenvalue weighted by Gasteiger charge is -2.36. The molecule has 6 nitrogen and oxygen atoms in total. The lowest BCUT2D eigenvalue weighted by Crippen LogP contribution is -2.37. The molecule has 2 rings (SSSR count). The zero-order valence-corrected chi connectivity index (χ0v) is 16.6. The summed E-state index contributed by atoms with van der Waals surface area (Å²) in [6.45, 7) is 4.12. The molecule has 25 heavy (non-hydrogen) atoms. The molecular weight excluding hydrogens is 336 g/mol. The van der Waals surface area contributed by atoms with Crippen molar-refractivity contribution in [2.45, 2.75) is 52.0 Å². The Labute approximate surface area is 154 Å². The van der Waals surface area contributed by atoms with E-state index in [0.717, 1.165) is 49.2 Å². The lowest BCUT2D eigenvalue weighted by atomic mass is 9.86.